The third kappa shape index (κ3) is 1.96. The highest BCUT2D eigenvalue weighted by Crippen LogP contribution is 2.31. The molecule has 1 aliphatic rings. The van der Waals surface area contributed by atoms with Crippen molar-refractivity contribution in [1.29, 1.82) is 0 Å². The van der Waals surface area contributed by atoms with Crippen molar-refractivity contribution in [1.82, 2.24) is 4.90 Å². The molecule has 3 nitrogen and oxygen atoms in total. The van der Waals surface area contributed by atoms with E-state index >= 15 is 0 Å². The average molecular weight is 205 g/mol. The zero-order chi connectivity index (χ0) is 10.7. The van der Waals surface area contributed by atoms with Crippen LogP contribution in [0, 0.1) is 0 Å². The number of methoxy groups -OCH3 is 1. The van der Waals surface area contributed by atoms with Gasteiger partial charge in [0.15, 0.2) is 0 Å². The van der Waals surface area contributed by atoms with Crippen LogP contribution in [0.4, 0.5) is 0 Å². The fourth-order valence-electron chi connectivity index (χ4n) is 2.12. The van der Waals surface area contributed by atoms with E-state index in [2.05, 4.69) is 6.07 Å². The quantitative estimate of drug-likeness (QED) is 0.706. The van der Waals surface area contributed by atoms with E-state index in [1.165, 1.54) is 5.56 Å². The molecule has 80 valence electrons. The van der Waals surface area contributed by atoms with Gasteiger partial charge in [0.25, 0.3) is 0 Å². The molecule has 0 saturated carbocycles. The Hall–Kier alpha value is -1.51. The Balaban J connectivity index is 2.24. The Morgan fingerprint density at radius 3 is 3.13 bits per heavy atom. The molecule has 0 aromatic heterocycles. The largest absolute Gasteiger partial charge is 0.497 e. The van der Waals surface area contributed by atoms with Crippen LogP contribution in [0.2, 0.25) is 0 Å². The number of likely N-dealkylation sites (tertiary alicyclic amines) is 1. The zero-order valence-electron chi connectivity index (χ0n) is 8.85. The first-order chi connectivity index (χ1) is 7.35. The van der Waals surface area contributed by atoms with E-state index in [0.717, 1.165) is 31.5 Å². The second kappa shape index (κ2) is 4.34. The normalized spacial score (nSPS) is 20.3. The summed E-state index contributed by atoms with van der Waals surface area (Å²) >= 11 is 0. The van der Waals surface area contributed by atoms with Gasteiger partial charge in [-0.25, -0.2) is 0 Å². The van der Waals surface area contributed by atoms with Crippen molar-refractivity contribution < 1.29 is 9.53 Å². The average Bonchev–Trinajstić information content (AvgIpc) is 2.77. The van der Waals surface area contributed by atoms with Crippen molar-refractivity contribution in [2.75, 3.05) is 13.7 Å². The fourth-order valence-corrected chi connectivity index (χ4v) is 2.12. The molecule has 0 aliphatic carbocycles. The van der Waals surface area contributed by atoms with Crippen LogP contribution in [-0.4, -0.2) is 25.0 Å². The van der Waals surface area contributed by atoms with Crippen LogP contribution in [-0.2, 0) is 4.79 Å². The van der Waals surface area contributed by atoms with Gasteiger partial charge in [-0.3, -0.25) is 4.79 Å². The van der Waals surface area contributed by atoms with E-state index in [1.807, 2.05) is 23.1 Å². The number of amides is 1. The summed E-state index contributed by atoms with van der Waals surface area (Å²) in [7, 11) is 1.66. The molecule has 1 aliphatic heterocycles. The van der Waals surface area contributed by atoms with E-state index in [1.54, 1.807) is 7.11 Å². The lowest BCUT2D eigenvalue weighted by Crippen LogP contribution is -2.20. The van der Waals surface area contributed by atoms with Gasteiger partial charge in [0.1, 0.15) is 5.75 Å². The van der Waals surface area contributed by atoms with E-state index < -0.39 is 0 Å². The minimum absolute atomic E-state index is 0.234. The standard InChI is InChI=1S/C12H15NO2/c1-15-11-5-2-4-10(8-11)12-6-3-7-13(12)9-14/h2,4-5,8-9,12H,3,6-7H2,1H3. The van der Waals surface area contributed by atoms with Crippen LogP contribution in [0.3, 0.4) is 0 Å². The molecule has 1 aromatic rings. The topological polar surface area (TPSA) is 29.5 Å². The van der Waals surface area contributed by atoms with Gasteiger partial charge >= 0.3 is 0 Å². The van der Waals surface area contributed by atoms with Crippen molar-refractivity contribution in [2.24, 2.45) is 0 Å². The molecule has 0 spiro atoms. The molecule has 15 heavy (non-hydrogen) atoms. The SMILES string of the molecule is COc1cccc(C2CCCN2C=O)c1. The Morgan fingerprint density at radius 1 is 1.53 bits per heavy atom. The third-order valence-electron chi connectivity index (χ3n) is 2.91. The van der Waals surface area contributed by atoms with Crippen LogP contribution in [0.1, 0.15) is 24.4 Å². The van der Waals surface area contributed by atoms with Crippen molar-refractivity contribution in [3.05, 3.63) is 29.8 Å². The Labute approximate surface area is 89.7 Å². The molecular weight excluding hydrogens is 190 g/mol. The smallest absolute Gasteiger partial charge is 0.210 e. The van der Waals surface area contributed by atoms with Crippen molar-refractivity contribution in [3.8, 4) is 5.75 Å². The van der Waals surface area contributed by atoms with Crippen LogP contribution in [0.25, 0.3) is 0 Å². The number of hydrogen-bond acceptors (Lipinski definition) is 2. The maximum Gasteiger partial charge on any atom is 0.210 e. The van der Waals surface area contributed by atoms with E-state index in [-0.39, 0.29) is 6.04 Å². The van der Waals surface area contributed by atoms with Gasteiger partial charge in [-0.05, 0) is 30.5 Å². The van der Waals surface area contributed by atoms with Crippen LogP contribution < -0.4 is 4.74 Å². The summed E-state index contributed by atoms with van der Waals surface area (Å²) in [5.74, 6) is 0.852. The molecule has 0 bridgehead atoms. The van der Waals surface area contributed by atoms with Crippen LogP contribution in [0.5, 0.6) is 5.75 Å². The summed E-state index contributed by atoms with van der Waals surface area (Å²) < 4.78 is 5.18. The summed E-state index contributed by atoms with van der Waals surface area (Å²) in [6, 6.07) is 8.18. The highest BCUT2D eigenvalue weighted by Gasteiger charge is 2.24. The Morgan fingerprint density at radius 2 is 2.40 bits per heavy atom. The monoisotopic (exact) mass is 205 g/mol. The lowest BCUT2D eigenvalue weighted by molar-refractivity contribution is -0.118. The highest BCUT2D eigenvalue weighted by molar-refractivity contribution is 5.50. The van der Waals surface area contributed by atoms with Gasteiger partial charge in [0, 0.05) is 6.54 Å². The molecule has 0 radical (unpaired) electrons. The molecular formula is C12H15NO2. The number of hydrogen-bond donors (Lipinski definition) is 0. The van der Waals surface area contributed by atoms with Gasteiger partial charge in [-0.2, -0.15) is 0 Å². The van der Waals surface area contributed by atoms with Crippen molar-refractivity contribution >= 4 is 6.41 Å². The first-order valence-electron chi connectivity index (χ1n) is 5.20. The van der Waals surface area contributed by atoms with Gasteiger partial charge in [-0.1, -0.05) is 12.1 Å². The summed E-state index contributed by atoms with van der Waals surface area (Å²) in [5, 5.41) is 0. The molecule has 0 N–H and O–H groups in total. The van der Waals surface area contributed by atoms with Gasteiger partial charge < -0.3 is 9.64 Å². The lowest BCUT2D eigenvalue weighted by atomic mass is 10.0. The Kier molecular flexibility index (Phi) is 2.90. The van der Waals surface area contributed by atoms with Crippen LogP contribution >= 0.6 is 0 Å². The minimum atomic E-state index is 0.234. The number of benzene rings is 1. The van der Waals surface area contributed by atoms with Gasteiger partial charge in [-0.15, -0.1) is 0 Å². The minimum Gasteiger partial charge on any atom is -0.497 e. The van der Waals surface area contributed by atoms with E-state index in [4.69, 9.17) is 4.74 Å². The molecule has 1 fully saturated rings. The number of nitrogens with zero attached hydrogens (tertiary/aromatic N) is 1. The van der Waals surface area contributed by atoms with Gasteiger partial charge in [0.05, 0.1) is 13.2 Å². The number of carbonyl (C=O) groups excluding carboxylic acids is 1. The zero-order valence-corrected chi connectivity index (χ0v) is 8.85. The predicted octanol–water partition coefficient (Wildman–Crippen LogP) is 1.99. The molecule has 1 heterocycles. The molecule has 1 saturated heterocycles. The van der Waals surface area contributed by atoms with E-state index in [9.17, 15) is 4.79 Å². The lowest BCUT2D eigenvalue weighted by Gasteiger charge is -2.20. The summed E-state index contributed by atoms with van der Waals surface area (Å²) in [5.41, 5.74) is 1.17. The fraction of sp³-hybridized carbons (Fsp3) is 0.417. The van der Waals surface area contributed by atoms with Crippen LogP contribution in [0.15, 0.2) is 24.3 Å². The first-order valence-corrected chi connectivity index (χ1v) is 5.20. The highest BCUT2D eigenvalue weighted by atomic mass is 16.5. The van der Waals surface area contributed by atoms with Crippen molar-refractivity contribution in [2.45, 2.75) is 18.9 Å². The van der Waals surface area contributed by atoms with Gasteiger partial charge in [0.2, 0.25) is 6.41 Å². The number of rotatable bonds is 3. The molecule has 3 heteroatoms. The molecule has 1 unspecified atom stereocenters. The second-order valence-corrected chi connectivity index (χ2v) is 3.78. The molecule has 1 atom stereocenters. The summed E-state index contributed by atoms with van der Waals surface area (Å²) in [4.78, 5) is 12.7. The number of carbonyl (C=O) groups is 1. The maximum atomic E-state index is 10.8. The summed E-state index contributed by atoms with van der Waals surface area (Å²) in [6.45, 7) is 0.866. The third-order valence-corrected chi connectivity index (χ3v) is 2.91. The molecule has 2 rings (SSSR count). The maximum absolute atomic E-state index is 10.8. The van der Waals surface area contributed by atoms with E-state index in [0.29, 0.717) is 0 Å². The Bertz CT molecular complexity index is 351. The summed E-state index contributed by atoms with van der Waals surface area (Å²) in [6.07, 6.45) is 3.07. The van der Waals surface area contributed by atoms with Crippen molar-refractivity contribution in [3.63, 3.8) is 0 Å². The first kappa shape index (κ1) is 10.0. The predicted molar refractivity (Wildman–Crippen MR) is 57.7 cm³/mol. The molecule has 1 aromatic carbocycles. The molecule has 1 amide bonds. The number of ether oxygens (including phenoxy) is 1. The second-order valence-electron chi connectivity index (χ2n) is 3.78.